The molecule has 2 atom stereocenters. The van der Waals surface area contributed by atoms with E-state index in [1.54, 1.807) is 0 Å². The summed E-state index contributed by atoms with van der Waals surface area (Å²) in [6.45, 7) is 5.21. The fourth-order valence-electron chi connectivity index (χ4n) is 3.61. The van der Waals surface area contributed by atoms with Gasteiger partial charge in [0.15, 0.2) is 5.96 Å². The Kier molecular flexibility index (Phi) is 6.56. The Hall–Kier alpha value is -2.01. The molecule has 2 heterocycles. The molecule has 26 heavy (non-hydrogen) atoms. The summed E-state index contributed by atoms with van der Waals surface area (Å²) < 4.78 is 2.22. The molecule has 1 saturated heterocycles. The molecule has 2 unspecified atom stereocenters. The lowest BCUT2D eigenvalue weighted by Crippen LogP contribution is -2.49. The fourth-order valence-corrected chi connectivity index (χ4v) is 3.84. The summed E-state index contributed by atoms with van der Waals surface area (Å²) in [4.78, 5) is 11.1. The van der Waals surface area contributed by atoms with Crippen LogP contribution in [-0.2, 0) is 6.42 Å². The van der Waals surface area contributed by atoms with Crippen LogP contribution in [0, 0.1) is 5.92 Å². The Labute approximate surface area is 161 Å². The maximum absolute atomic E-state index is 6.23. The molecule has 5 nitrogen and oxygen atoms in total. The first kappa shape index (κ1) is 18.8. The molecule has 6 heteroatoms. The molecule has 3 rings (SSSR count). The molecule has 2 aromatic rings. The van der Waals surface area contributed by atoms with Gasteiger partial charge in [0.1, 0.15) is 0 Å². The van der Waals surface area contributed by atoms with Gasteiger partial charge < -0.3 is 14.8 Å². The Balaban J connectivity index is 1.51. The van der Waals surface area contributed by atoms with Crippen molar-refractivity contribution in [1.82, 2.24) is 19.8 Å². The minimum absolute atomic E-state index is 0.438. The predicted octanol–water partition coefficient (Wildman–Crippen LogP) is 3.63. The number of guanidine groups is 1. The van der Waals surface area contributed by atoms with Crippen molar-refractivity contribution in [2.45, 2.75) is 32.2 Å². The van der Waals surface area contributed by atoms with Crippen molar-refractivity contribution >= 4 is 17.6 Å². The van der Waals surface area contributed by atoms with Crippen molar-refractivity contribution in [3.8, 4) is 0 Å². The van der Waals surface area contributed by atoms with E-state index >= 15 is 0 Å². The summed E-state index contributed by atoms with van der Waals surface area (Å²) in [7, 11) is 1.86. The van der Waals surface area contributed by atoms with Crippen LogP contribution in [0.25, 0.3) is 0 Å². The van der Waals surface area contributed by atoms with Gasteiger partial charge in [-0.25, -0.2) is 4.98 Å². The van der Waals surface area contributed by atoms with Crippen molar-refractivity contribution in [2.24, 2.45) is 10.9 Å². The van der Waals surface area contributed by atoms with E-state index in [1.165, 1.54) is 5.56 Å². The Morgan fingerprint density at radius 1 is 1.38 bits per heavy atom. The molecule has 0 radical (unpaired) electrons. The smallest absolute Gasteiger partial charge is 0.193 e. The number of piperidine rings is 1. The van der Waals surface area contributed by atoms with Gasteiger partial charge in [-0.15, -0.1) is 0 Å². The second kappa shape index (κ2) is 9.08. The molecule has 0 amide bonds. The summed E-state index contributed by atoms with van der Waals surface area (Å²) in [5, 5.41) is 4.37. The number of rotatable bonds is 5. The van der Waals surface area contributed by atoms with Gasteiger partial charge in [-0.3, -0.25) is 4.99 Å². The molecule has 1 fully saturated rings. The summed E-state index contributed by atoms with van der Waals surface area (Å²) in [5.41, 5.74) is 1.21. The number of aryl methyl sites for hydroxylation is 1. The van der Waals surface area contributed by atoms with Crippen LogP contribution in [-0.4, -0.2) is 47.1 Å². The molecule has 1 aliphatic rings. The van der Waals surface area contributed by atoms with Gasteiger partial charge >= 0.3 is 0 Å². The zero-order valence-corrected chi connectivity index (χ0v) is 16.4. The van der Waals surface area contributed by atoms with Crippen LogP contribution in [0.2, 0.25) is 5.02 Å². The third-order valence-corrected chi connectivity index (χ3v) is 5.57. The zero-order valence-electron chi connectivity index (χ0n) is 15.6. The molecule has 1 aliphatic heterocycles. The van der Waals surface area contributed by atoms with E-state index in [0.29, 0.717) is 12.0 Å². The van der Waals surface area contributed by atoms with E-state index in [1.807, 2.05) is 37.8 Å². The standard InChI is InChI=1S/C20H28ClN5/c1-16-9-12-25(14-19(16)26-13-11-23-15-26)20(22-2)24-10-5-7-17-6-3-4-8-18(17)21/h3-4,6,8,11,13,15-16,19H,5,7,9-10,12,14H2,1-2H3,(H,22,24). The lowest BCUT2D eigenvalue weighted by atomic mass is 9.93. The van der Waals surface area contributed by atoms with E-state index in [2.05, 4.69) is 43.9 Å². The lowest BCUT2D eigenvalue weighted by molar-refractivity contribution is 0.189. The number of likely N-dealkylation sites (tertiary alicyclic amines) is 1. The molecular weight excluding hydrogens is 346 g/mol. The summed E-state index contributed by atoms with van der Waals surface area (Å²) in [6, 6.07) is 8.50. The molecule has 0 bridgehead atoms. The summed E-state index contributed by atoms with van der Waals surface area (Å²) in [6.07, 6.45) is 8.99. The predicted molar refractivity (Wildman–Crippen MR) is 108 cm³/mol. The van der Waals surface area contributed by atoms with Crippen molar-refractivity contribution in [3.05, 3.63) is 53.6 Å². The first-order chi connectivity index (χ1) is 12.7. The van der Waals surface area contributed by atoms with Crippen LogP contribution in [0.3, 0.4) is 0 Å². The monoisotopic (exact) mass is 373 g/mol. The largest absolute Gasteiger partial charge is 0.356 e. The Morgan fingerprint density at radius 3 is 2.96 bits per heavy atom. The van der Waals surface area contributed by atoms with Crippen LogP contribution < -0.4 is 5.32 Å². The van der Waals surface area contributed by atoms with Crippen LogP contribution in [0.1, 0.15) is 31.4 Å². The van der Waals surface area contributed by atoms with Crippen molar-refractivity contribution < 1.29 is 0 Å². The lowest BCUT2D eigenvalue weighted by Gasteiger charge is -2.39. The number of imidazole rings is 1. The molecular formula is C20H28ClN5. The first-order valence-electron chi connectivity index (χ1n) is 9.35. The average Bonchev–Trinajstić information content (AvgIpc) is 3.18. The highest BCUT2D eigenvalue weighted by Gasteiger charge is 2.28. The third kappa shape index (κ3) is 4.58. The zero-order chi connectivity index (χ0) is 18.4. The third-order valence-electron chi connectivity index (χ3n) is 5.20. The van der Waals surface area contributed by atoms with Gasteiger partial charge in [-0.2, -0.15) is 0 Å². The van der Waals surface area contributed by atoms with Gasteiger partial charge in [-0.05, 0) is 36.8 Å². The van der Waals surface area contributed by atoms with Gasteiger partial charge in [0.05, 0.1) is 12.4 Å². The van der Waals surface area contributed by atoms with Crippen molar-refractivity contribution in [3.63, 3.8) is 0 Å². The Bertz CT molecular complexity index is 713. The first-order valence-corrected chi connectivity index (χ1v) is 9.73. The minimum Gasteiger partial charge on any atom is -0.356 e. The number of benzene rings is 1. The number of nitrogens with zero attached hydrogens (tertiary/aromatic N) is 4. The molecule has 140 valence electrons. The molecule has 1 aromatic carbocycles. The maximum Gasteiger partial charge on any atom is 0.193 e. The number of hydrogen-bond acceptors (Lipinski definition) is 2. The number of halogens is 1. The van der Waals surface area contributed by atoms with Gasteiger partial charge in [0.2, 0.25) is 0 Å². The molecule has 0 spiro atoms. The maximum atomic E-state index is 6.23. The van der Waals surface area contributed by atoms with E-state index < -0.39 is 0 Å². The van der Waals surface area contributed by atoms with Crippen LogP contribution in [0.15, 0.2) is 48.0 Å². The SMILES string of the molecule is CN=C(NCCCc1ccccc1Cl)N1CCC(C)C(n2ccnc2)C1. The second-order valence-electron chi connectivity index (χ2n) is 6.96. The van der Waals surface area contributed by atoms with Crippen molar-refractivity contribution in [1.29, 1.82) is 0 Å². The highest BCUT2D eigenvalue weighted by Crippen LogP contribution is 2.27. The number of aromatic nitrogens is 2. The molecule has 0 saturated carbocycles. The topological polar surface area (TPSA) is 45.5 Å². The van der Waals surface area contributed by atoms with E-state index in [4.69, 9.17) is 11.6 Å². The molecule has 1 N–H and O–H groups in total. The van der Waals surface area contributed by atoms with Crippen LogP contribution in [0.5, 0.6) is 0 Å². The molecule has 1 aromatic heterocycles. The fraction of sp³-hybridized carbons (Fsp3) is 0.500. The van der Waals surface area contributed by atoms with E-state index in [9.17, 15) is 0 Å². The van der Waals surface area contributed by atoms with Gasteiger partial charge in [-0.1, -0.05) is 36.7 Å². The highest BCUT2D eigenvalue weighted by atomic mass is 35.5. The summed E-state index contributed by atoms with van der Waals surface area (Å²) in [5.74, 6) is 1.62. The van der Waals surface area contributed by atoms with Gasteiger partial charge in [0.25, 0.3) is 0 Å². The normalized spacial score (nSPS) is 21.0. The van der Waals surface area contributed by atoms with Crippen molar-refractivity contribution in [2.75, 3.05) is 26.7 Å². The second-order valence-corrected chi connectivity index (χ2v) is 7.37. The quantitative estimate of drug-likeness (QED) is 0.494. The Morgan fingerprint density at radius 2 is 2.23 bits per heavy atom. The number of aliphatic imine (C=N–C) groups is 1. The number of hydrogen-bond donors (Lipinski definition) is 1. The number of nitrogens with one attached hydrogen (secondary N) is 1. The van der Waals surface area contributed by atoms with E-state index in [0.717, 1.165) is 49.9 Å². The van der Waals surface area contributed by atoms with Gasteiger partial charge in [0, 0.05) is 44.1 Å². The average molecular weight is 374 g/mol. The minimum atomic E-state index is 0.438. The van der Waals surface area contributed by atoms with E-state index in [-0.39, 0.29) is 0 Å². The van der Waals surface area contributed by atoms with Crippen LogP contribution >= 0.6 is 11.6 Å². The van der Waals surface area contributed by atoms with Crippen LogP contribution in [0.4, 0.5) is 0 Å². The molecule has 0 aliphatic carbocycles. The highest BCUT2D eigenvalue weighted by molar-refractivity contribution is 6.31. The summed E-state index contributed by atoms with van der Waals surface area (Å²) >= 11 is 6.23.